The van der Waals surface area contributed by atoms with Gasteiger partial charge in [-0.25, -0.2) is 4.79 Å². The summed E-state index contributed by atoms with van der Waals surface area (Å²) in [6.45, 7) is 3.41. The van der Waals surface area contributed by atoms with Crippen molar-refractivity contribution in [1.82, 2.24) is 14.5 Å². The van der Waals surface area contributed by atoms with Crippen LogP contribution in [0.3, 0.4) is 0 Å². The standard InChI is InChI=1S/C13H17N3O2S/c17-12-11-10(4-9-19-11)14-13(18)16(12)8-7-15-5-2-1-3-6-15/h4,9H,1-3,5-8H2,(H,14,18). The highest BCUT2D eigenvalue weighted by molar-refractivity contribution is 7.17. The molecule has 3 rings (SSSR count). The molecule has 1 N–H and O–H groups in total. The van der Waals surface area contributed by atoms with Crippen molar-refractivity contribution in [2.45, 2.75) is 25.8 Å². The van der Waals surface area contributed by atoms with Gasteiger partial charge in [0.15, 0.2) is 0 Å². The molecule has 1 aliphatic rings. The van der Waals surface area contributed by atoms with Crippen LogP contribution in [0.25, 0.3) is 10.2 Å². The van der Waals surface area contributed by atoms with Crippen molar-refractivity contribution in [2.75, 3.05) is 19.6 Å². The van der Waals surface area contributed by atoms with Crippen molar-refractivity contribution in [1.29, 1.82) is 0 Å². The predicted molar refractivity (Wildman–Crippen MR) is 77.0 cm³/mol. The molecule has 102 valence electrons. The van der Waals surface area contributed by atoms with Crippen LogP contribution in [0.1, 0.15) is 19.3 Å². The summed E-state index contributed by atoms with van der Waals surface area (Å²) >= 11 is 1.38. The summed E-state index contributed by atoms with van der Waals surface area (Å²) in [6.07, 6.45) is 3.72. The van der Waals surface area contributed by atoms with Gasteiger partial charge < -0.3 is 9.88 Å². The van der Waals surface area contributed by atoms with Gasteiger partial charge in [-0.2, -0.15) is 0 Å². The van der Waals surface area contributed by atoms with E-state index < -0.39 is 0 Å². The molecule has 19 heavy (non-hydrogen) atoms. The zero-order chi connectivity index (χ0) is 13.2. The molecule has 6 heteroatoms. The Morgan fingerprint density at radius 3 is 2.74 bits per heavy atom. The van der Waals surface area contributed by atoms with Gasteiger partial charge in [0.1, 0.15) is 4.70 Å². The average molecular weight is 279 g/mol. The van der Waals surface area contributed by atoms with Gasteiger partial charge in [0, 0.05) is 13.1 Å². The lowest BCUT2D eigenvalue weighted by atomic mass is 10.1. The predicted octanol–water partition coefficient (Wildman–Crippen LogP) is 1.24. The summed E-state index contributed by atoms with van der Waals surface area (Å²) in [6, 6.07) is 1.78. The van der Waals surface area contributed by atoms with E-state index in [1.165, 1.54) is 35.2 Å². The van der Waals surface area contributed by atoms with Gasteiger partial charge in [0.25, 0.3) is 5.56 Å². The second-order valence-electron chi connectivity index (χ2n) is 4.95. The summed E-state index contributed by atoms with van der Waals surface area (Å²) in [5.74, 6) is 0. The van der Waals surface area contributed by atoms with Crippen LogP contribution in [0.15, 0.2) is 21.0 Å². The minimum atomic E-state index is -0.298. The molecule has 0 atom stereocenters. The van der Waals surface area contributed by atoms with Gasteiger partial charge in [0.05, 0.1) is 5.52 Å². The maximum atomic E-state index is 12.2. The Labute approximate surface area is 114 Å². The summed E-state index contributed by atoms with van der Waals surface area (Å²) in [5, 5.41) is 1.83. The number of H-pyrrole nitrogens is 1. The van der Waals surface area contributed by atoms with E-state index in [-0.39, 0.29) is 11.2 Å². The second kappa shape index (κ2) is 5.30. The molecule has 1 saturated heterocycles. The first kappa shape index (κ1) is 12.6. The van der Waals surface area contributed by atoms with E-state index in [0.717, 1.165) is 19.6 Å². The van der Waals surface area contributed by atoms with Crippen LogP contribution in [0.4, 0.5) is 0 Å². The van der Waals surface area contributed by atoms with E-state index in [1.807, 2.05) is 5.38 Å². The molecule has 0 aliphatic carbocycles. The Kier molecular flexibility index (Phi) is 3.52. The quantitative estimate of drug-likeness (QED) is 0.919. The Morgan fingerprint density at radius 1 is 1.16 bits per heavy atom. The number of nitrogens with zero attached hydrogens (tertiary/aromatic N) is 2. The first-order valence-electron chi connectivity index (χ1n) is 6.68. The first-order valence-corrected chi connectivity index (χ1v) is 7.56. The molecule has 0 amide bonds. The highest BCUT2D eigenvalue weighted by atomic mass is 32.1. The molecule has 0 unspecified atom stereocenters. The van der Waals surface area contributed by atoms with Crippen LogP contribution in [-0.4, -0.2) is 34.1 Å². The van der Waals surface area contributed by atoms with Crippen molar-refractivity contribution < 1.29 is 0 Å². The van der Waals surface area contributed by atoms with Gasteiger partial charge >= 0.3 is 5.69 Å². The number of rotatable bonds is 3. The van der Waals surface area contributed by atoms with E-state index >= 15 is 0 Å². The minimum absolute atomic E-state index is 0.161. The molecule has 2 aromatic rings. The largest absolute Gasteiger partial charge is 0.328 e. The number of thiophene rings is 1. The van der Waals surface area contributed by atoms with E-state index in [0.29, 0.717) is 16.8 Å². The Balaban J connectivity index is 1.83. The molecule has 1 aliphatic heterocycles. The van der Waals surface area contributed by atoms with Crippen LogP contribution >= 0.6 is 11.3 Å². The van der Waals surface area contributed by atoms with Crippen LogP contribution < -0.4 is 11.2 Å². The number of fused-ring (bicyclic) bond motifs is 1. The molecule has 0 bridgehead atoms. The number of likely N-dealkylation sites (tertiary alicyclic amines) is 1. The highest BCUT2D eigenvalue weighted by Gasteiger charge is 2.12. The molecule has 0 spiro atoms. The normalized spacial score (nSPS) is 17.1. The lowest BCUT2D eigenvalue weighted by Gasteiger charge is -2.26. The lowest BCUT2D eigenvalue weighted by molar-refractivity contribution is 0.219. The van der Waals surface area contributed by atoms with E-state index in [9.17, 15) is 9.59 Å². The monoisotopic (exact) mass is 279 g/mol. The Bertz CT molecular complexity index is 679. The maximum absolute atomic E-state index is 12.2. The van der Waals surface area contributed by atoms with Crippen molar-refractivity contribution >= 4 is 21.6 Å². The summed E-state index contributed by atoms with van der Waals surface area (Å²) in [5.41, 5.74) is 0.188. The third kappa shape index (κ3) is 2.50. The summed E-state index contributed by atoms with van der Waals surface area (Å²) in [7, 11) is 0. The molecule has 0 saturated carbocycles. The van der Waals surface area contributed by atoms with Gasteiger partial charge in [-0.1, -0.05) is 6.42 Å². The lowest BCUT2D eigenvalue weighted by Crippen LogP contribution is -2.40. The number of piperidine rings is 1. The topological polar surface area (TPSA) is 58.1 Å². The smallest absolute Gasteiger partial charge is 0.306 e. The number of aromatic amines is 1. The fraction of sp³-hybridized carbons (Fsp3) is 0.538. The molecule has 3 heterocycles. The zero-order valence-corrected chi connectivity index (χ0v) is 11.5. The molecule has 0 aromatic carbocycles. The third-order valence-corrected chi connectivity index (χ3v) is 4.58. The van der Waals surface area contributed by atoms with Crippen LogP contribution in [0.5, 0.6) is 0 Å². The maximum Gasteiger partial charge on any atom is 0.328 e. The van der Waals surface area contributed by atoms with Crippen LogP contribution in [0, 0.1) is 0 Å². The SMILES string of the molecule is O=c1[nH]c2ccsc2c(=O)n1CCN1CCCCC1. The fourth-order valence-electron chi connectivity index (χ4n) is 2.60. The Morgan fingerprint density at radius 2 is 1.95 bits per heavy atom. The second-order valence-corrected chi connectivity index (χ2v) is 5.87. The van der Waals surface area contributed by atoms with Crippen LogP contribution in [-0.2, 0) is 6.54 Å². The van der Waals surface area contributed by atoms with Crippen molar-refractivity contribution in [3.8, 4) is 0 Å². The Hall–Kier alpha value is -1.40. The summed E-state index contributed by atoms with van der Waals surface area (Å²) in [4.78, 5) is 29.2. The minimum Gasteiger partial charge on any atom is -0.306 e. The number of hydrogen-bond donors (Lipinski definition) is 1. The molecular formula is C13H17N3O2S. The van der Waals surface area contributed by atoms with E-state index in [1.54, 1.807) is 6.07 Å². The highest BCUT2D eigenvalue weighted by Crippen LogP contribution is 2.12. The number of nitrogens with one attached hydrogen (secondary N) is 1. The molecule has 1 fully saturated rings. The third-order valence-electron chi connectivity index (χ3n) is 3.68. The average Bonchev–Trinajstić information content (AvgIpc) is 2.88. The van der Waals surface area contributed by atoms with Crippen molar-refractivity contribution in [2.24, 2.45) is 0 Å². The number of aromatic nitrogens is 2. The first-order chi connectivity index (χ1) is 9.25. The number of hydrogen-bond acceptors (Lipinski definition) is 4. The van der Waals surface area contributed by atoms with Gasteiger partial charge in [-0.15, -0.1) is 11.3 Å². The van der Waals surface area contributed by atoms with E-state index in [4.69, 9.17) is 0 Å². The molecule has 2 aromatic heterocycles. The van der Waals surface area contributed by atoms with Gasteiger partial charge in [-0.05, 0) is 37.4 Å². The van der Waals surface area contributed by atoms with Crippen molar-refractivity contribution in [3.63, 3.8) is 0 Å². The fourth-order valence-corrected chi connectivity index (χ4v) is 3.40. The van der Waals surface area contributed by atoms with Gasteiger partial charge in [-0.3, -0.25) is 9.36 Å². The molecule has 0 radical (unpaired) electrons. The van der Waals surface area contributed by atoms with E-state index in [2.05, 4.69) is 9.88 Å². The van der Waals surface area contributed by atoms with Gasteiger partial charge in [0.2, 0.25) is 0 Å². The molecule has 5 nitrogen and oxygen atoms in total. The van der Waals surface area contributed by atoms with Crippen molar-refractivity contribution in [3.05, 3.63) is 32.3 Å². The van der Waals surface area contributed by atoms with Crippen LogP contribution in [0.2, 0.25) is 0 Å². The summed E-state index contributed by atoms with van der Waals surface area (Å²) < 4.78 is 1.96. The molecular weight excluding hydrogens is 262 g/mol. The zero-order valence-electron chi connectivity index (χ0n) is 10.7.